The van der Waals surface area contributed by atoms with E-state index >= 15 is 0 Å². The van der Waals surface area contributed by atoms with E-state index in [0.29, 0.717) is 17.2 Å². The number of methoxy groups -OCH3 is 1. The fourth-order valence-corrected chi connectivity index (χ4v) is 1.93. The standard InChI is InChI=1S/C16H19NO3/c1-11-6-7-15(16(8-11)19-2)20-10-14(18)12-4-3-5-13(17)9-12/h3-9,14,18H,10,17H2,1-2H3. The number of aliphatic hydroxyl groups is 1. The molecular weight excluding hydrogens is 254 g/mol. The molecule has 0 radical (unpaired) electrons. The lowest BCUT2D eigenvalue weighted by atomic mass is 10.1. The predicted octanol–water partition coefficient (Wildman–Crippen LogP) is 2.70. The van der Waals surface area contributed by atoms with Crippen molar-refractivity contribution in [1.82, 2.24) is 0 Å². The Balaban J connectivity index is 2.05. The number of aliphatic hydroxyl groups excluding tert-OH is 1. The Morgan fingerprint density at radius 1 is 1.15 bits per heavy atom. The average Bonchev–Trinajstić information content (AvgIpc) is 2.45. The molecule has 4 heteroatoms. The molecular formula is C16H19NO3. The number of ether oxygens (including phenoxy) is 2. The van der Waals surface area contributed by atoms with Gasteiger partial charge in [-0.3, -0.25) is 0 Å². The van der Waals surface area contributed by atoms with Crippen LogP contribution in [0.3, 0.4) is 0 Å². The number of anilines is 1. The summed E-state index contributed by atoms with van der Waals surface area (Å²) < 4.78 is 10.9. The van der Waals surface area contributed by atoms with Gasteiger partial charge in [0.2, 0.25) is 0 Å². The maximum absolute atomic E-state index is 10.1. The van der Waals surface area contributed by atoms with Crippen LogP contribution < -0.4 is 15.2 Å². The van der Waals surface area contributed by atoms with E-state index < -0.39 is 6.10 Å². The zero-order valence-corrected chi connectivity index (χ0v) is 11.7. The van der Waals surface area contributed by atoms with E-state index in [1.54, 1.807) is 25.3 Å². The molecule has 106 valence electrons. The summed E-state index contributed by atoms with van der Waals surface area (Å²) in [4.78, 5) is 0. The lowest BCUT2D eigenvalue weighted by Gasteiger charge is -2.15. The first-order valence-corrected chi connectivity index (χ1v) is 6.41. The van der Waals surface area contributed by atoms with Crippen LogP contribution in [0, 0.1) is 6.92 Å². The molecule has 0 heterocycles. The first kappa shape index (κ1) is 14.2. The minimum Gasteiger partial charge on any atom is -0.493 e. The van der Waals surface area contributed by atoms with Gasteiger partial charge in [0, 0.05) is 5.69 Å². The molecule has 0 aliphatic carbocycles. The van der Waals surface area contributed by atoms with Crippen molar-refractivity contribution in [1.29, 1.82) is 0 Å². The molecule has 2 aromatic carbocycles. The van der Waals surface area contributed by atoms with E-state index in [4.69, 9.17) is 15.2 Å². The van der Waals surface area contributed by atoms with E-state index in [0.717, 1.165) is 11.1 Å². The molecule has 4 nitrogen and oxygen atoms in total. The smallest absolute Gasteiger partial charge is 0.161 e. The Morgan fingerprint density at radius 3 is 2.65 bits per heavy atom. The minimum atomic E-state index is -0.732. The van der Waals surface area contributed by atoms with Gasteiger partial charge in [-0.15, -0.1) is 0 Å². The molecule has 1 unspecified atom stereocenters. The van der Waals surface area contributed by atoms with Crippen LogP contribution in [0.15, 0.2) is 42.5 Å². The summed E-state index contributed by atoms with van der Waals surface area (Å²) in [6, 6.07) is 12.8. The molecule has 0 saturated carbocycles. The summed E-state index contributed by atoms with van der Waals surface area (Å²) in [6.45, 7) is 2.12. The van der Waals surface area contributed by atoms with Gasteiger partial charge in [-0.25, -0.2) is 0 Å². The Morgan fingerprint density at radius 2 is 1.95 bits per heavy atom. The number of rotatable bonds is 5. The van der Waals surface area contributed by atoms with E-state index in [-0.39, 0.29) is 6.61 Å². The van der Waals surface area contributed by atoms with Gasteiger partial charge in [-0.2, -0.15) is 0 Å². The molecule has 0 aliphatic rings. The first-order valence-electron chi connectivity index (χ1n) is 6.41. The van der Waals surface area contributed by atoms with Crippen LogP contribution in [-0.2, 0) is 0 Å². The SMILES string of the molecule is COc1cc(C)ccc1OCC(O)c1cccc(N)c1. The van der Waals surface area contributed by atoms with Crippen molar-refractivity contribution in [2.45, 2.75) is 13.0 Å². The number of benzene rings is 2. The van der Waals surface area contributed by atoms with Crippen LogP contribution >= 0.6 is 0 Å². The lowest BCUT2D eigenvalue weighted by Crippen LogP contribution is -2.10. The Labute approximate surface area is 118 Å². The van der Waals surface area contributed by atoms with E-state index in [1.807, 2.05) is 31.2 Å². The third-order valence-corrected chi connectivity index (χ3v) is 3.01. The maximum Gasteiger partial charge on any atom is 0.161 e. The van der Waals surface area contributed by atoms with Crippen molar-refractivity contribution in [2.75, 3.05) is 19.5 Å². The van der Waals surface area contributed by atoms with Crippen molar-refractivity contribution >= 4 is 5.69 Å². The van der Waals surface area contributed by atoms with Gasteiger partial charge in [-0.05, 0) is 42.3 Å². The number of hydrogen-bond acceptors (Lipinski definition) is 4. The number of nitrogens with two attached hydrogens (primary N) is 1. The monoisotopic (exact) mass is 273 g/mol. The van der Waals surface area contributed by atoms with Gasteiger partial charge >= 0.3 is 0 Å². The van der Waals surface area contributed by atoms with Gasteiger partial charge in [0.05, 0.1) is 7.11 Å². The van der Waals surface area contributed by atoms with E-state index in [1.165, 1.54) is 0 Å². The molecule has 1 atom stereocenters. The van der Waals surface area contributed by atoms with Crippen molar-refractivity contribution in [2.24, 2.45) is 0 Å². The van der Waals surface area contributed by atoms with Crippen LogP contribution in [0.25, 0.3) is 0 Å². The quantitative estimate of drug-likeness (QED) is 0.822. The third kappa shape index (κ3) is 3.42. The minimum absolute atomic E-state index is 0.142. The highest BCUT2D eigenvalue weighted by atomic mass is 16.5. The second kappa shape index (κ2) is 6.30. The molecule has 0 spiro atoms. The topological polar surface area (TPSA) is 64.7 Å². The van der Waals surface area contributed by atoms with Gasteiger partial charge in [-0.1, -0.05) is 18.2 Å². The van der Waals surface area contributed by atoms with Crippen molar-refractivity contribution in [3.63, 3.8) is 0 Å². The van der Waals surface area contributed by atoms with Crippen molar-refractivity contribution < 1.29 is 14.6 Å². The highest BCUT2D eigenvalue weighted by molar-refractivity contribution is 5.43. The molecule has 2 rings (SSSR count). The van der Waals surface area contributed by atoms with Gasteiger partial charge in [0.25, 0.3) is 0 Å². The van der Waals surface area contributed by atoms with E-state index in [9.17, 15) is 5.11 Å². The fourth-order valence-electron chi connectivity index (χ4n) is 1.93. The van der Waals surface area contributed by atoms with Crippen LogP contribution in [0.4, 0.5) is 5.69 Å². The van der Waals surface area contributed by atoms with Gasteiger partial charge in [0.1, 0.15) is 12.7 Å². The maximum atomic E-state index is 10.1. The van der Waals surface area contributed by atoms with Crippen LogP contribution in [0.1, 0.15) is 17.2 Å². The zero-order chi connectivity index (χ0) is 14.5. The molecule has 0 saturated heterocycles. The summed E-state index contributed by atoms with van der Waals surface area (Å²) in [7, 11) is 1.59. The highest BCUT2D eigenvalue weighted by Gasteiger charge is 2.11. The fraction of sp³-hybridized carbons (Fsp3) is 0.250. The highest BCUT2D eigenvalue weighted by Crippen LogP contribution is 2.28. The lowest BCUT2D eigenvalue weighted by molar-refractivity contribution is 0.106. The molecule has 0 aromatic heterocycles. The average molecular weight is 273 g/mol. The second-order valence-corrected chi connectivity index (χ2v) is 4.65. The molecule has 2 aromatic rings. The largest absolute Gasteiger partial charge is 0.493 e. The molecule has 0 amide bonds. The van der Waals surface area contributed by atoms with Gasteiger partial charge < -0.3 is 20.3 Å². The second-order valence-electron chi connectivity index (χ2n) is 4.65. The van der Waals surface area contributed by atoms with Crippen LogP contribution in [0.2, 0.25) is 0 Å². The van der Waals surface area contributed by atoms with E-state index in [2.05, 4.69) is 0 Å². The summed E-state index contributed by atoms with van der Waals surface area (Å²) >= 11 is 0. The van der Waals surface area contributed by atoms with Crippen LogP contribution in [-0.4, -0.2) is 18.8 Å². The number of nitrogen functional groups attached to an aromatic ring is 1. The Hall–Kier alpha value is -2.20. The summed E-state index contributed by atoms with van der Waals surface area (Å²) in [5, 5.41) is 10.1. The first-order chi connectivity index (χ1) is 9.60. The summed E-state index contributed by atoms with van der Waals surface area (Å²) in [5.41, 5.74) is 8.13. The number of aryl methyl sites for hydroxylation is 1. The molecule has 20 heavy (non-hydrogen) atoms. The van der Waals surface area contributed by atoms with Crippen LogP contribution in [0.5, 0.6) is 11.5 Å². The number of hydrogen-bond donors (Lipinski definition) is 2. The Bertz CT molecular complexity index is 584. The third-order valence-electron chi connectivity index (χ3n) is 3.01. The van der Waals surface area contributed by atoms with Gasteiger partial charge in [0.15, 0.2) is 11.5 Å². The summed E-state index contributed by atoms with van der Waals surface area (Å²) in [5.74, 6) is 1.27. The molecule has 3 N–H and O–H groups in total. The molecule has 0 fully saturated rings. The van der Waals surface area contributed by atoms with Crippen molar-refractivity contribution in [3.8, 4) is 11.5 Å². The molecule has 0 aliphatic heterocycles. The normalized spacial score (nSPS) is 11.9. The van der Waals surface area contributed by atoms with Crippen molar-refractivity contribution in [3.05, 3.63) is 53.6 Å². The zero-order valence-electron chi connectivity index (χ0n) is 11.7. The summed E-state index contributed by atoms with van der Waals surface area (Å²) in [6.07, 6.45) is -0.732. The Kier molecular flexibility index (Phi) is 4.48. The molecule has 0 bridgehead atoms. The predicted molar refractivity (Wildman–Crippen MR) is 79.0 cm³/mol.